The van der Waals surface area contributed by atoms with E-state index < -0.39 is 17.9 Å². The molecule has 1 amide bonds. The largest absolute Gasteiger partial charge is 0.480 e. The Morgan fingerprint density at radius 3 is 2.43 bits per heavy atom. The van der Waals surface area contributed by atoms with Gasteiger partial charge in [-0.2, -0.15) is 0 Å². The normalized spacial score (nSPS) is 12.2. The maximum Gasteiger partial charge on any atom is 0.326 e. The summed E-state index contributed by atoms with van der Waals surface area (Å²) in [6.45, 7) is 3.78. The molecule has 1 heterocycles. The van der Waals surface area contributed by atoms with Crippen molar-refractivity contribution in [2.45, 2.75) is 26.3 Å². The fraction of sp³-hybridized carbons (Fsp3) is 0.294. The highest BCUT2D eigenvalue weighted by molar-refractivity contribution is 6.02. The molecule has 2 aromatic rings. The van der Waals surface area contributed by atoms with E-state index in [1.807, 2.05) is 13.8 Å². The molecule has 0 aliphatic heterocycles. The summed E-state index contributed by atoms with van der Waals surface area (Å²) in [5.74, 6) is -1.76. The molecule has 0 aliphatic carbocycles. The highest BCUT2D eigenvalue weighted by Gasteiger charge is 2.23. The zero-order valence-electron chi connectivity index (χ0n) is 13.0. The number of halogens is 1. The Labute approximate surface area is 133 Å². The zero-order chi connectivity index (χ0) is 17.0. The standard InChI is InChI=1S/C17H19FN2O3/c1-10(2)7-15(17(22)23)20-16(21)14-9-19-8-13(14)11-3-5-12(18)6-4-11/h3-6,8-10,15,19H,7H2,1-2H3,(H,20,21)(H,22,23)/t15-/m1/s1. The van der Waals surface area contributed by atoms with Crippen LogP contribution in [-0.2, 0) is 4.79 Å². The Morgan fingerprint density at radius 2 is 1.87 bits per heavy atom. The highest BCUT2D eigenvalue weighted by atomic mass is 19.1. The van der Waals surface area contributed by atoms with Gasteiger partial charge in [-0.1, -0.05) is 26.0 Å². The molecule has 1 atom stereocenters. The lowest BCUT2D eigenvalue weighted by Crippen LogP contribution is -2.41. The number of rotatable bonds is 6. The number of aromatic nitrogens is 1. The van der Waals surface area contributed by atoms with Gasteiger partial charge in [-0.15, -0.1) is 0 Å². The molecule has 0 fully saturated rings. The fourth-order valence-electron chi connectivity index (χ4n) is 2.35. The van der Waals surface area contributed by atoms with E-state index in [1.165, 1.54) is 18.3 Å². The van der Waals surface area contributed by atoms with E-state index in [1.54, 1.807) is 18.3 Å². The highest BCUT2D eigenvalue weighted by Crippen LogP contribution is 2.24. The van der Waals surface area contributed by atoms with Gasteiger partial charge in [0.15, 0.2) is 0 Å². The van der Waals surface area contributed by atoms with Crippen LogP contribution in [-0.4, -0.2) is 28.0 Å². The van der Waals surface area contributed by atoms with Crippen LogP contribution >= 0.6 is 0 Å². The molecule has 0 spiro atoms. The first-order valence-electron chi connectivity index (χ1n) is 7.35. The predicted octanol–water partition coefficient (Wildman–Crippen LogP) is 3.05. The van der Waals surface area contributed by atoms with Crippen LogP contribution < -0.4 is 5.32 Å². The Hall–Kier alpha value is -2.63. The summed E-state index contributed by atoms with van der Waals surface area (Å²) in [6.07, 6.45) is 3.47. The SMILES string of the molecule is CC(C)C[C@@H](NC(=O)c1c[nH]cc1-c1ccc(F)cc1)C(=O)O. The molecule has 0 aliphatic rings. The molecule has 23 heavy (non-hydrogen) atoms. The molecule has 2 rings (SSSR count). The second-order valence-corrected chi connectivity index (χ2v) is 5.78. The minimum atomic E-state index is -1.06. The zero-order valence-corrected chi connectivity index (χ0v) is 13.0. The van der Waals surface area contributed by atoms with E-state index in [9.17, 15) is 19.1 Å². The molecule has 1 aromatic carbocycles. The van der Waals surface area contributed by atoms with Crippen molar-refractivity contribution >= 4 is 11.9 Å². The number of aromatic amines is 1. The third-order valence-electron chi connectivity index (χ3n) is 3.46. The third-order valence-corrected chi connectivity index (χ3v) is 3.46. The number of carboxylic acids is 1. The number of hydrogen-bond donors (Lipinski definition) is 3. The molecule has 122 valence electrons. The van der Waals surface area contributed by atoms with Crippen LogP contribution in [0.5, 0.6) is 0 Å². The molecule has 1 aromatic heterocycles. The molecule has 3 N–H and O–H groups in total. The molecular weight excluding hydrogens is 299 g/mol. The number of H-pyrrole nitrogens is 1. The summed E-state index contributed by atoms with van der Waals surface area (Å²) in [5, 5.41) is 11.8. The quantitative estimate of drug-likeness (QED) is 0.765. The van der Waals surface area contributed by atoms with E-state index in [0.29, 0.717) is 23.1 Å². The molecule has 0 saturated heterocycles. The van der Waals surface area contributed by atoms with Crippen LogP contribution in [0.25, 0.3) is 11.1 Å². The van der Waals surface area contributed by atoms with Crippen LogP contribution in [0.15, 0.2) is 36.7 Å². The maximum absolute atomic E-state index is 13.0. The number of benzene rings is 1. The fourth-order valence-corrected chi connectivity index (χ4v) is 2.35. The average molecular weight is 318 g/mol. The molecule has 0 unspecified atom stereocenters. The molecule has 0 saturated carbocycles. The second-order valence-electron chi connectivity index (χ2n) is 5.78. The Kier molecular flexibility index (Phi) is 5.16. The minimum Gasteiger partial charge on any atom is -0.480 e. The summed E-state index contributed by atoms with van der Waals surface area (Å²) in [4.78, 5) is 26.5. The van der Waals surface area contributed by atoms with Crippen molar-refractivity contribution in [1.29, 1.82) is 0 Å². The first kappa shape index (κ1) is 16.7. The first-order valence-corrected chi connectivity index (χ1v) is 7.35. The van der Waals surface area contributed by atoms with Crippen molar-refractivity contribution in [1.82, 2.24) is 10.3 Å². The van der Waals surface area contributed by atoms with Crippen LogP contribution in [0.1, 0.15) is 30.6 Å². The Bertz CT molecular complexity index is 692. The number of carboxylic acid groups (broad SMARTS) is 1. The van der Waals surface area contributed by atoms with Gasteiger partial charge in [0.2, 0.25) is 0 Å². The number of carbonyl (C=O) groups excluding carboxylic acids is 1. The van der Waals surface area contributed by atoms with Crippen molar-refractivity contribution in [3.63, 3.8) is 0 Å². The van der Waals surface area contributed by atoms with Gasteiger partial charge in [-0.25, -0.2) is 9.18 Å². The summed E-state index contributed by atoms with van der Waals surface area (Å²) in [7, 11) is 0. The number of aliphatic carboxylic acids is 1. The van der Waals surface area contributed by atoms with E-state index in [0.717, 1.165) is 0 Å². The van der Waals surface area contributed by atoms with Gasteiger partial charge in [0, 0.05) is 18.0 Å². The first-order chi connectivity index (χ1) is 10.9. The third kappa shape index (κ3) is 4.18. The lowest BCUT2D eigenvalue weighted by Gasteiger charge is -2.16. The van der Waals surface area contributed by atoms with Gasteiger partial charge in [-0.3, -0.25) is 4.79 Å². The maximum atomic E-state index is 13.0. The summed E-state index contributed by atoms with van der Waals surface area (Å²) in [6, 6.07) is 4.81. The van der Waals surface area contributed by atoms with E-state index in [-0.39, 0.29) is 11.7 Å². The van der Waals surface area contributed by atoms with Crippen LogP contribution in [0.3, 0.4) is 0 Å². The number of amides is 1. The molecule has 5 nitrogen and oxygen atoms in total. The topological polar surface area (TPSA) is 82.2 Å². The summed E-state index contributed by atoms with van der Waals surface area (Å²) >= 11 is 0. The van der Waals surface area contributed by atoms with E-state index in [4.69, 9.17) is 0 Å². The van der Waals surface area contributed by atoms with Crippen molar-refractivity contribution in [3.8, 4) is 11.1 Å². The van der Waals surface area contributed by atoms with E-state index >= 15 is 0 Å². The van der Waals surface area contributed by atoms with Crippen molar-refractivity contribution < 1.29 is 19.1 Å². The molecular formula is C17H19FN2O3. The van der Waals surface area contributed by atoms with Crippen LogP contribution in [0.4, 0.5) is 4.39 Å². The van der Waals surface area contributed by atoms with Gasteiger partial charge >= 0.3 is 5.97 Å². The van der Waals surface area contributed by atoms with Crippen molar-refractivity contribution in [2.75, 3.05) is 0 Å². The van der Waals surface area contributed by atoms with Crippen LogP contribution in [0.2, 0.25) is 0 Å². The van der Waals surface area contributed by atoms with Crippen molar-refractivity contribution in [2.24, 2.45) is 5.92 Å². The Balaban J connectivity index is 2.22. The van der Waals surface area contributed by atoms with Gasteiger partial charge in [-0.05, 0) is 30.0 Å². The van der Waals surface area contributed by atoms with Gasteiger partial charge < -0.3 is 15.4 Å². The number of carbonyl (C=O) groups is 2. The number of nitrogens with one attached hydrogen (secondary N) is 2. The molecule has 0 radical (unpaired) electrons. The predicted molar refractivity (Wildman–Crippen MR) is 84.5 cm³/mol. The summed E-state index contributed by atoms with van der Waals surface area (Å²) in [5.41, 5.74) is 1.59. The van der Waals surface area contributed by atoms with Gasteiger partial charge in [0.25, 0.3) is 5.91 Å². The lowest BCUT2D eigenvalue weighted by molar-refractivity contribution is -0.139. The smallest absolute Gasteiger partial charge is 0.326 e. The molecule has 0 bridgehead atoms. The monoisotopic (exact) mass is 318 g/mol. The Morgan fingerprint density at radius 1 is 1.22 bits per heavy atom. The van der Waals surface area contributed by atoms with Gasteiger partial charge in [0.1, 0.15) is 11.9 Å². The molecule has 6 heteroatoms. The lowest BCUT2D eigenvalue weighted by atomic mass is 10.0. The van der Waals surface area contributed by atoms with Gasteiger partial charge in [0.05, 0.1) is 5.56 Å². The van der Waals surface area contributed by atoms with Crippen LogP contribution in [0, 0.1) is 11.7 Å². The van der Waals surface area contributed by atoms with Crippen molar-refractivity contribution in [3.05, 3.63) is 48.0 Å². The summed E-state index contributed by atoms with van der Waals surface area (Å²) < 4.78 is 13.0. The number of hydrogen-bond acceptors (Lipinski definition) is 2. The average Bonchev–Trinajstić information content (AvgIpc) is 2.96. The second kappa shape index (κ2) is 7.09. The van der Waals surface area contributed by atoms with E-state index in [2.05, 4.69) is 10.3 Å². The minimum absolute atomic E-state index is 0.138.